The summed E-state index contributed by atoms with van der Waals surface area (Å²) in [5, 5.41) is 124. The zero-order chi connectivity index (χ0) is 80.2. The van der Waals surface area contributed by atoms with Gasteiger partial charge in [-0.3, -0.25) is 38.4 Å². The van der Waals surface area contributed by atoms with Gasteiger partial charge in [0.1, 0.15) is 24.4 Å². The van der Waals surface area contributed by atoms with Crippen LogP contribution in [-0.4, -0.2) is 302 Å². The Morgan fingerprint density at radius 2 is 0.920 bits per heavy atom. The van der Waals surface area contributed by atoms with Crippen molar-refractivity contribution in [2.45, 2.75) is 162 Å². The molecule has 37 heteroatoms. The van der Waals surface area contributed by atoms with E-state index in [9.17, 15) is 63.9 Å². The van der Waals surface area contributed by atoms with Crippen molar-refractivity contribution in [1.82, 2.24) is 36.4 Å². The van der Waals surface area contributed by atoms with Crippen molar-refractivity contribution < 1.29 is 105 Å². The topological polar surface area (TPSA) is 543 Å². The molecule has 3 aliphatic rings. The largest absolute Gasteiger partial charge is 0.412 e. The molecule has 24 N–H and O–H groups in total. The van der Waals surface area contributed by atoms with Crippen LogP contribution >= 0.6 is 43.2 Å². The number of aliphatic hydroxyl groups is 11. The first kappa shape index (κ1) is 99.2. The molecule has 0 spiro atoms. The number of ether oxygens (including phenoxy) is 1. The minimum atomic E-state index is -1.25. The molecule has 7 amide bonds. The number of carbonyl (C=O) groups excluding carboxylic acids is 8. The summed E-state index contributed by atoms with van der Waals surface area (Å²) >= 11 is 0. The van der Waals surface area contributed by atoms with E-state index >= 15 is 0 Å². The van der Waals surface area contributed by atoms with E-state index in [-0.39, 0.29) is 146 Å². The summed E-state index contributed by atoms with van der Waals surface area (Å²) in [6.07, 6.45) is 0.131. The van der Waals surface area contributed by atoms with E-state index < -0.39 is 74.1 Å². The molecule has 3 aliphatic heterocycles. The van der Waals surface area contributed by atoms with E-state index in [0.29, 0.717) is 88.6 Å². The fourth-order valence-corrected chi connectivity index (χ4v) is 17.3. The highest BCUT2D eigenvalue weighted by atomic mass is 33.1. The van der Waals surface area contributed by atoms with Gasteiger partial charge in [0.15, 0.2) is 5.78 Å². The van der Waals surface area contributed by atoms with Gasteiger partial charge in [0.05, 0.1) is 70.0 Å². The van der Waals surface area contributed by atoms with Gasteiger partial charge in [-0.15, -0.1) is 0 Å². The maximum Gasteiger partial charge on any atom is 0.251 e. The van der Waals surface area contributed by atoms with Gasteiger partial charge in [-0.25, -0.2) is 0 Å². The number of unbranched alkanes of at least 4 members (excludes halogenated alkanes) is 2. The van der Waals surface area contributed by atoms with E-state index in [1.165, 1.54) is 23.5 Å². The number of ketones is 1. The third kappa shape index (κ3) is 39.4. The Morgan fingerprint density at radius 1 is 0.491 bits per heavy atom. The SMILES string of the molecule is Nc1ccc(C(=O)CCCN(CCNC(=O)c2ccc(N)cc2)C(=O)CNC(=O)CCCCC2CCSS2)cc1.O.O=C(CCCCC1CCSS1)NCC(=O)N(CCNC(=O)c1ccc(NCCC(O)CC(O)CO)cc1)CCNC(=O)c1ccc(NCC(O)C(O)CC(O)CO)cc1.OCC1OCC(O)C(O)C1O.[B]. The summed E-state index contributed by atoms with van der Waals surface area (Å²) in [6, 6.07) is 26.4. The minimum absolute atomic E-state index is 0. The quantitative estimate of drug-likeness (QED) is 0.00938. The molecule has 3 heterocycles. The molecule has 3 saturated heterocycles. The van der Waals surface area contributed by atoms with E-state index in [2.05, 4.69) is 37.2 Å². The highest BCUT2D eigenvalue weighted by molar-refractivity contribution is 8.77. The van der Waals surface area contributed by atoms with Gasteiger partial charge in [0.2, 0.25) is 23.6 Å². The summed E-state index contributed by atoms with van der Waals surface area (Å²) < 4.78 is 4.81. The van der Waals surface area contributed by atoms with Gasteiger partial charge < -0.3 is 125 Å². The first-order chi connectivity index (χ1) is 52.9. The van der Waals surface area contributed by atoms with Gasteiger partial charge >= 0.3 is 0 Å². The molecular weight excluding hydrogens is 1530 g/mol. The van der Waals surface area contributed by atoms with Crippen LogP contribution in [0.4, 0.5) is 22.7 Å². The molecule has 7 rings (SSSR count). The highest BCUT2D eigenvalue weighted by Gasteiger charge is 2.37. The van der Waals surface area contributed by atoms with Gasteiger partial charge in [-0.2, -0.15) is 0 Å². The predicted octanol–water partition coefficient (Wildman–Crippen LogP) is 0.446. The van der Waals surface area contributed by atoms with E-state index in [4.69, 9.17) is 46.8 Å². The van der Waals surface area contributed by atoms with Gasteiger partial charge in [-0.1, -0.05) is 56.0 Å². The number of hydrogen-bond acceptors (Lipinski definition) is 28. The lowest BCUT2D eigenvalue weighted by Gasteiger charge is -2.34. The second kappa shape index (κ2) is 56.3. The molecule has 4 aromatic carbocycles. The summed E-state index contributed by atoms with van der Waals surface area (Å²) in [6.45, 7) is -0.120. The van der Waals surface area contributed by atoms with Crippen LogP contribution in [0, 0.1) is 0 Å². The fourth-order valence-electron chi connectivity index (χ4n) is 11.3. The van der Waals surface area contributed by atoms with E-state index in [0.717, 1.165) is 50.0 Å². The average molecular weight is 1650 g/mol. The number of nitrogens with two attached hydrogens (primary N) is 2. The van der Waals surface area contributed by atoms with Gasteiger partial charge in [-0.05, 0) is 148 Å². The number of aliphatic hydroxyl groups excluding tert-OH is 11. The molecule has 4 aromatic rings. The zero-order valence-electron chi connectivity index (χ0n) is 63.1. The van der Waals surface area contributed by atoms with Crippen LogP contribution in [0.3, 0.4) is 0 Å². The number of rotatable bonds is 46. The van der Waals surface area contributed by atoms with Crippen molar-refractivity contribution in [1.29, 1.82) is 0 Å². The second-order valence-corrected chi connectivity index (χ2v) is 32.4. The normalized spacial score (nSPS) is 18.2. The molecule has 623 valence electrons. The highest BCUT2D eigenvalue weighted by Crippen LogP contribution is 2.41. The minimum Gasteiger partial charge on any atom is -0.412 e. The Morgan fingerprint density at radius 3 is 1.36 bits per heavy atom. The third-order valence-electron chi connectivity index (χ3n) is 18.0. The van der Waals surface area contributed by atoms with Crippen LogP contribution in [0.5, 0.6) is 0 Å². The zero-order valence-corrected chi connectivity index (χ0v) is 66.3. The smallest absolute Gasteiger partial charge is 0.251 e. The van der Waals surface area contributed by atoms with Crippen molar-refractivity contribution in [3.63, 3.8) is 0 Å². The number of nitrogens with zero attached hydrogens (tertiary/aromatic N) is 2. The third-order valence-corrected chi connectivity index (χ3v) is 24.0. The summed E-state index contributed by atoms with van der Waals surface area (Å²) in [4.78, 5) is 105. The molecule has 0 aliphatic carbocycles. The Labute approximate surface area is 671 Å². The first-order valence-corrected chi connectivity index (χ1v) is 41.9. The first-order valence-electron chi connectivity index (χ1n) is 37.2. The van der Waals surface area contributed by atoms with Crippen molar-refractivity contribution in [3.05, 3.63) is 119 Å². The predicted molar refractivity (Wildman–Crippen MR) is 437 cm³/mol. The number of amides is 7. The van der Waals surface area contributed by atoms with Crippen LogP contribution in [0.2, 0.25) is 0 Å². The standard InChI is InChI=1S/C40H62N6O11S2.C29H39N5O4S2.C6H12O5.B.H2O/c47-25-32(50)21-31(49)13-15-41-29-9-5-27(6-10-29)39(56)42-16-18-46(38(55)24-45-37(54)4-2-1-3-34-14-20-58-59-34)19-17-43-40(57)28-7-11-30(12-8-28)44-23-36(53)35(52)22-33(51)26-48;30-23-11-7-21(8-12-23)26(35)5-3-17-34(18-16-32-29(38)22-9-13-24(31)14-10-22)28(37)20-33-27(36)6-2-1-4-25-15-19-39-40-25;7-1-4-6(10)5(9)3(8)2-11-4;;/h5-12,31-36,41,44,47-53H,1-4,13-26H2,(H,42,56)(H,43,57)(H,45,54);7-14,25H,1-6,15-20,30-31H2,(H,32,38)(H,33,36);3-10H,1-2H2;;1H2. The molecule has 11 atom stereocenters. The van der Waals surface area contributed by atoms with Crippen molar-refractivity contribution in [2.24, 2.45) is 0 Å². The average Bonchev–Trinajstić information content (AvgIpc) is 1.05. The number of nitrogen functional groups attached to an aromatic ring is 2. The van der Waals surface area contributed by atoms with Crippen molar-refractivity contribution >= 4 is 121 Å². The molecule has 11 unspecified atom stereocenters. The maximum absolute atomic E-state index is 13.3. The Kier molecular flexibility index (Phi) is 49.8. The van der Waals surface area contributed by atoms with Crippen LogP contribution in [0.15, 0.2) is 97.1 Å². The number of anilines is 4. The lowest BCUT2D eigenvalue weighted by atomic mass is 10.0. The maximum atomic E-state index is 13.3. The number of benzene rings is 4. The Hall–Kier alpha value is -7.02. The fraction of sp³-hybridized carbons (Fsp3) is 0.573. The summed E-state index contributed by atoms with van der Waals surface area (Å²) in [5.41, 5.74) is 15.6. The lowest BCUT2D eigenvalue weighted by Crippen LogP contribution is -2.53. The van der Waals surface area contributed by atoms with Crippen LogP contribution in [-0.2, 0) is 23.9 Å². The van der Waals surface area contributed by atoms with E-state index in [1.54, 1.807) is 102 Å². The molecule has 112 heavy (non-hydrogen) atoms. The molecule has 0 saturated carbocycles. The van der Waals surface area contributed by atoms with Crippen LogP contribution < -0.4 is 48.7 Å². The van der Waals surface area contributed by atoms with Crippen molar-refractivity contribution in [3.8, 4) is 0 Å². The number of Topliss-reactive ketones (excluding diaryl/α,β-unsaturated/α-hetero) is 1. The lowest BCUT2D eigenvalue weighted by molar-refractivity contribution is -0.195. The molecular formula is C75H115BN11O21S4. The number of hydrogen-bond donors (Lipinski definition) is 20. The molecule has 0 bridgehead atoms. The monoisotopic (exact) mass is 1640 g/mol. The summed E-state index contributed by atoms with van der Waals surface area (Å²) in [5.74, 6) is 0.310. The molecule has 0 aromatic heterocycles. The Balaban J connectivity index is 0.000000525. The molecule has 3 fully saturated rings. The Bertz CT molecular complexity index is 3300. The summed E-state index contributed by atoms with van der Waals surface area (Å²) in [7, 11) is 7.65. The molecule has 32 nitrogen and oxygen atoms in total. The van der Waals surface area contributed by atoms with Crippen molar-refractivity contribution in [2.75, 3.05) is 132 Å². The second-order valence-electron chi connectivity index (χ2n) is 26.8. The molecule has 3 radical (unpaired) electrons. The number of carbonyl (C=O) groups is 8. The number of nitrogens with one attached hydrogen (secondary N) is 7. The van der Waals surface area contributed by atoms with Gasteiger partial charge in [0.25, 0.3) is 17.7 Å². The van der Waals surface area contributed by atoms with Crippen LogP contribution in [0.1, 0.15) is 138 Å². The van der Waals surface area contributed by atoms with Crippen LogP contribution in [0.25, 0.3) is 0 Å². The van der Waals surface area contributed by atoms with E-state index in [1.807, 2.05) is 43.2 Å². The van der Waals surface area contributed by atoms with Gasteiger partial charge in [0, 0.05) is 166 Å².